The molecule has 0 aromatic heterocycles. The Kier molecular flexibility index (Phi) is 7.39. The van der Waals surface area contributed by atoms with Gasteiger partial charge in [0.2, 0.25) is 5.91 Å². The predicted octanol–water partition coefficient (Wildman–Crippen LogP) is 1.61. The van der Waals surface area contributed by atoms with Crippen LogP contribution in [-0.4, -0.2) is 44.2 Å². The number of anilines is 1. The van der Waals surface area contributed by atoms with E-state index in [0.29, 0.717) is 12.5 Å². The lowest BCUT2D eigenvalue weighted by atomic mass is 10.1. The zero-order valence-corrected chi connectivity index (χ0v) is 13.8. The van der Waals surface area contributed by atoms with Crippen molar-refractivity contribution in [2.75, 3.05) is 32.1 Å². The molecule has 0 bridgehead atoms. The number of methoxy groups -OCH3 is 1. The summed E-state index contributed by atoms with van der Waals surface area (Å²) >= 11 is 0. The van der Waals surface area contributed by atoms with Gasteiger partial charge in [-0.2, -0.15) is 0 Å². The van der Waals surface area contributed by atoms with Gasteiger partial charge < -0.3 is 20.7 Å². The lowest BCUT2D eigenvalue weighted by Crippen LogP contribution is -2.45. The molecular formula is C16H26N4O2. The molecule has 122 valence electrons. The summed E-state index contributed by atoms with van der Waals surface area (Å²) in [6, 6.07) is 9.32. The summed E-state index contributed by atoms with van der Waals surface area (Å²) in [4.78, 5) is 16.2. The number of ether oxygens (including phenoxy) is 1. The van der Waals surface area contributed by atoms with Gasteiger partial charge in [-0.1, -0.05) is 18.2 Å². The molecule has 0 aliphatic heterocycles. The summed E-state index contributed by atoms with van der Waals surface area (Å²) in [6.07, 6.45) is 0. The summed E-state index contributed by atoms with van der Waals surface area (Å²) in [5, 5.41) is 9.06. The van der Waals surface area contributed by atoms with E-state index in [9.17, 15) is 4.79 Å². The third kappa shape index (κ3) is 7.08. The lowest BCUT2D eigenvalue weighted by Gasteiger charge is -2.24. The molecule has 0 heterocycles. The molecular weight excluding hydrogens is 280 g/mol. The zero-order chi connectivity index (χ0) is 16.4. The van der Waals surface area contributed by atoms with E-state index in [1.807, 2.05) is 51.1 Å². The number of carbonyl (C=O) groups is 1. The third-order valence-electron chi connectivity index (χ3n) is 3.02. The van der Waals surface area contributed by atoms with E-state index >= 15 is 0 Å². The van der Waals surface area contributed by atoms with E-state index in [4.69, 9.17) is 4.74 Å². The highest BCUT2D eigenvalue weighted by Crippen LogP contribution is 2.05. The Bertz CT molecular complexity index is 486. The summed E-state index contributed by atoms with van der Waals surface area (Å²) in [6.45, 7) is 7.30. The molecule has 1 aromatic carbocycles. The molecule has 0 spiro atoms. The highest BCUT2D eigenvalue weighted by Gasteiger charge is 2.16. The Balaban J connectivity index is 2.52. The molecule has 1 rings (SSSR count). The number of nitrogens with zero attached hydrogens (tertiary/aromatic N) is 1. The van der Waals surface area contributed by atoms with Crippen molar-refractivity contribution in [1.29, 1.82) is 0 Å². The van der Waals surface area contributed by atoms with Crippen LogP contribution in [0.25, 0.3) is 0 Å². The fourth-order valence-electron chi connectivity index (χ4n) is 1.58. The topological polar surface area (TPSA) is 74.8 Å². The van der Waals surface area contributed by atoms with Gasteiger partial charge in [-0.25, -0.2) is 4.99 Å². The summed E-state index contributed by atoms with van der Waals surface area (Å²) in [5.74, 6) is 0.435. The number of carbonyl (C=O) groups excluding carboxylic acids is 1. The number of para-hydroxylation sites is 1. The quantitative estimate of drug-likeness (QED) is 0.528. The smallest absolute Gasteiger partial charge is 0.246 e. The van der Waals surface area contributed by atoms with Crippen LogP contribution in [0.1, 0.15) is 20.8 Å². The summed E-state index contributed by atoms with van der Waals surface area (Å²) < 4.78 is 5.35. The van der Waals surface area contributed by atoms with Crippen molar-refractivity contribution in [1.82, 2.24) is 10.6 Å². The van der Waals surface area contributed by atoms with E-state index < -0.39 is 0 Å². The fourth-order valence-corrected chi connectivity index (χ4v) is 1.58. The van der Waals surface area contributed by atoms with E-state index in [-0.39, 0.29) is 18.1 Å². The Labute approximate surface area is 132 Å². The second-order valence-corrected chi connectivity index (χ2v) is 5.43. The Hall–Kier alpha value is -2.08. The van der Waals surface area contributed by atoms with Crippen LogP contribution in [0.2, 0.25) is 0 Å². The molecule has 0 aliphatic carbocycles. The number of aliphatic imine (C=N–C) groups is 1. The van der Waals surface area contributed by atoms with Crippen molar-refractivity contribution in [3.8, 4) is 0 Å². The molecule has 6 heteroatoms. The normalized spacial score (nSPS) is 11.9. The van der Waals surface area contributed by atoms with Gasteiger partial charge in [0.25, 0.3) is 0 Å². The van der Waals surface area contributed by atoms with Crippen molar-refractivity contribution < 1.29 is 9.53 Å². The molecule has 0 aliphatic rings. The van der Waals surface area contributed by atoms with E-state index in [1.165, 1.54) is 0 Å². The van der Waals surface area contributed by atoms with Crippen molar-refractivity contribution in [2.24, 2.45) is 4.99 Å². The first kappa shape index (κ1) is 18.0. The van der Waals surface area contributed by atoms with Gasteiger partial charge in [-0.3, -0.25) is 4.79 Å². The number of guanidine groups is 1. The molecule has 0 unspecified atom stereocenters. The number of benzene rings is 1. The second-order valence-electron chi connectivity index (χ2n) is 5.43. The minimum absolute atomic E-state index is 0.0532. The maximum atomic E-state index is 11.9. The number of hydrogen-bond donors (Lipinski definition) is 3. The van der Waals surface area contributed by atoms with E-state index in [2.05, 4.69) is 20.9 Å². The summed E-state index contributed by atoms with van der Waals surface area (Å²) in [7, 11) is 1.67. The molecule has 0 saturated carbocycles. The van der Waals surface area contributed by atoms with Crippen LogP contribution in [0.3, 0.4) is 0 Å². The van der Waals surface area contributed by atoms with Gasteiger partial charge in [0.1, 0.15) is 6.54 Å². The van der Waals surface area contributed by atoms with Gasteiger partial charge >= 0.3 is 0 Å². The lowest BCUT2D eigenvalue weighted by molar-refractivity contribution is -0.114. The van der Waals surface area contributed by atoms with Crippen molar-refractivity contribution in [3.63, 3.8) is 0 Å². The van der Waals surface area contributed by atoms with Crippen LogP contribution in [0.15, 0.2) is 35.3 Å². The molecule has 3 N–H and O–H groups in total. The number of nitrogens with one attached hydrogen (secondary N) is 3. The van der Waals surface area contributed by atoms with Crippen molar-refractivity contribution >= 4 is 17.6 Å². The maximum Gasteiger partial charge on any atom is 0.246 e. The minimum atomic E-state index is -0.303. The van der Waals surface area contributed by atoms with E-state index in [0.717, 1.165) is 12.2 Å². The molecule has 22 heavy (non-hydrogen) atoms. The highest BCUT2D eigenvalue weighted by molar-refractivity contribution is 5.94. The first-order valence-corrected chi connectivity index (χ1v) is 7.39. The molecule has 0 radical (unpaired) electrons. The van der Waals surface area contributed by atoms with Crippen LogP contribution in [0.5, 0.6) is 0 Å². The Morgan fingerprint density at radius 1 is 1.23 bits per heavy atom. The Morgan fingerprint density at radius 2 is 1.91 bits per heavy atom. The predicted molar refractivity (Wildman–Crippen MR) is 90.1 cm³/mol. The fraction of sp³-hybridized carbons (Fsp3) is 0.500. The number of rotatable bonds is 7. The van der Waals surface area contributed by atoms with Crippen LogP contribution in [-0.2, 0) is 9.53 Å². The summed E-state index contributed by atoms with van der Waals surface area (Å²) in [5.41, 5.74) is 0.462. The van der Waals surface area contributed by atoms with Gasteiger partial charge in [0.15, 0.2) is 5.96 Å². The van der Waals surface area contributed by atoms with Gasteiger partial charge in [0, 0.05) is 25.9 Å². The maximum absolute atomic E-state index is 11.9. The largest absolute Gasteiger partial charge is 0.377 e. The highest BCUT2D eigenvalue weighted by atomic mass is 16.5. The number of amides is 1. The standard InChI is InChI=1S/C16H26N4O2/c1-5-17-15(19-12-16(2,3)22-4)18-11-14(21)20-13-9-7-6-8-10-13/h6-10H,5,11-12H2,1-4H3,(H,20,21)(H2,17,18,19). The molecule has 1 amide bonds. The zero-order valence-electron chi connectivity index (χ0n) is 13.8. The molecule has 1 aromatic rings. The van der Waals surface area contributed by atoms with Crippen molar-refractivity contribution in [2.45, 2.75) is 26.4 Å². The van der Waals surface area contributed by atoms with Crippen molar-refractivity contribution in [3.05, 3.63) is 30.3 Å². The first-order valence-electron chi connectivity index (χ1n) is 7.39. The minimum Gasteiger partial charge on any atom is -0.377 e. The van der Waals surface area contributed by atoms with E-state index in [1.54, 1.807) is 7.11 Å². The first-order chi connectivity index (χ1) is 10.5. The Morgan fingerprint density at radius 3 is 2.50 bits per heavy atom. The van der Waals surface area contributed by atoms with Crippen LogP contribution in [0, 0.1) is 0 Å². The van der Waals surface area contributed by atoms with Gasteiger partial charge in [-0.05, 0) is 32.9 Å². The van der Waals surface area contributed by atoms with Crippen LogP contribution < -0.4 is 16.0 Å². The average molecular weight is 306 g/mol. The third-order valence-corrected chi connectivity index (χ3v) is 3.02. The van der Waals surface area contributed by atoms with Crippen LogP contribution in [0.4, 0.5) is 5.69 Å². The SMILES string of the molecule is CCNC(=NCC(=O)Nc1ccccc1)NCC(C)(C)OC. The van der Waals surface area contributed by atoms with Crippen LogP contribution >= 0.6 is 0 Å². The van der Waals surface area contributed by atoms with Gasteiger partial charge in [-0.15, -0.1) is 0 Å². The molecule has 6 nitrogen and oxygen atoms in total. The average Bonchev–Trinajstić information content (AvgIpc) is 2.51. The number of hydrogen-bond acceptors (Lipinski definition) is 3. The second kappa shape index (κ2) is 9.04. The monoisotopic (exact) mass is 306 g/mol. The van der Waals surface area contributed by atoms with Gasteiger partial charge in [0.05, 0.1) is 5.60 Å². The molecule has 0 saturated heterocycles. The molecule has 0 atom stereocenters. The molecule has 0 fully saturated rings.